The summed E-state index contributed by atoms with van der Waals surface area (Å²) in [6.07, 6.45) is 0. The first-order chi connectivity index (χ1) is 12.0. The number of aromatic hydroxyl groups is 1. The van der Waals surface area contributed by atoms with Gasteiger partial charge in [-0.25, -0.2) is 9.59 Å². The van der Waals surface area contributed by atoms with Crippen molar-refractivity contribution in [3.05, 3.63) is 69.6 Å². The number of carbonyl (C=O) groups is 1. The lowest BCUT2D eigenvalue weighted by molar-refractivity contribution is 0.0470. The van der Waals surface area contributed by atoms with Gasteiger partial charge in [0.15, 0.2) is 0 Å². The maximum atomic E-state index is 12.2. The monoisotopic (exact) mass is 340 g/mol. The molecule has 0 spiro atoms. The number of aryl methyl sites for hydroxylation is 1. The minimum Gasteiger partial charge on any atom is -0.507 e. The topological polar surface area (TPSA) is 86.0 Å². The second-order valence-corrected chi connectivity index (χ2v) is 5.55. The molecule has 0 aliphatic rings. The van der Waals surface area contributed by atoms with Crippen molar-refractivity contribution in [1.82, 2.24) is 0 Å². The van der Waals surface area contributed by atoms with Crippen LogP contribution in [0.2, 0.25) is 0 Å². The maximum absolute atomic E-state index is 12.2. The number of phenols is 1. The van der Waals surface area contributed by atoms with Gasteiger partial charge < -0.3 is 19.0 Å². The van der Waals surface area contributed by atoms with Crippen molar-refractivity contribution in [2.24, 2.45) is 0 Å². The Morgan fingerprint density at radius 2 is 1.96 bits per heavy atom. The molecule has 2 aromatic carbocycles. The van der Waals surface area contributed by atoms with Crippen molar-refractivity contribution < 1.29 is 23.8 Å². The molecule has 6 heteroatoms. The zero-order valence-electron chi connectivity index (χ0n) is 13.7. The number of fused-ring (bicyclic) bond motifs is 1. The summed E-state index contributed by atoms with van der Waals surface area (Å²) >= 11 is 0. The lowest BCUT2D eigenvalue weighted by atomic mass is 10.1. The van der Waals surface area contributed by atoms with Crippen LogP contribution in [0, 0.1) is 6.92 Å². The molecule has 3 rings (SSSR count). The van der Waals surface area contributed by atoms with E-state index in [1.165, 1.54) is 25.3 Å². The van der Waals surface area contributed by atoms with Gasteiger partial charge in [-0.3, -0.25) is 0 Å². The third-order valence-corrected chi connectivity index (χ3v) is 3.77. The minimum absolute atomic E-state index is 0.0690. The van der Waals surface area contributed by atoms with Gasteiger partial charge in [0.2, 0.25) is 0 Å². The third kappa shape index (κ3) is 3.47. The summed E-state index contributed by atoms with van der Waals surface area (Å²) in [6, 6.07) is 11.0. The molecule has 0 bridgehead atoms. The summed E-state index contributed by atoms with van der Waals surface area (Å²) in [5.74, 6) is -0.269. The van der Waals surface area contributed by atoms with Gasteiger partial charge in [0.25, 0.3) is 0 Å². The summed E-state index contributed by atoms with van der Waals surface area (Å²) in [5.41, 5.74) is 1.20. The van der Waals surface area contributed by atoms with E-state index in [4.69, 9.17) is 13.9 Å². The van der Waals surface area contributed by atoms with E-state index in [0.29, 0.717) is 22.3 Å². The number of ether oxygens (including phenoxy) is 2. The molecule has 0 saturated carbocycles. The molecular weight excluding hydrogens is 324 g/mol. The number of phenolic OH excluding ortho intramolecular Hbond substituents is 1. The maximum Gasteiger partial charge on any atom is 0.342 e. The van der Waals surface area contributed by atoms with Gasteiger partial charge in [0.1, 0.15) is 29.3 Å². The molecule has 1 aromatic heterocycles. The largest absolute Gasteiger partial charge is 0.507 e. The number of carbonyl (C=O) groups excluding carboxylic acids is 1. The molecule has 0 fully saturated rings. The minimum atomic E-state index is -0.674. The predicted octanol–water partition coefficient (Wildman–Crippen LogP) is 3.17. The van der Waals surface area contributed by atoms with Gasteiger partial charge >= 0.3 is 11.6 Å². The molecule has 0 atom stereocenters. The molecule has 0 amide bonds. The SMILES string of the molecule is COc1ccc2c(COC(=O)c3ccc(C)cc3O)cc(=O)oc2c1. The highest BCUT2D eigenvalue weighted by Crippen LogP contribution is 2.24. The first-order valence-corrected chi connectivity index (χ1v) is 7.55. The lowest BCUT2D eigenvalue weighted by Gasteiger charge is -2.09. The van der Waals surface area contributed by atoms with E-state index in [1.54, 1.807) is 31.2 Å². The smallest absolute Gasteiger partial charge is 0.342 e. The molecule has 128 valence electrons. The van der Waals surface area contributed by atoms with E-state index < -0.39 is 11.6 Å². The number of hydrogen-bond acceptors (Lipinski definition) is 6. The van der Waals surface area contributed by atoms with Crippen molar-refractivity contribution in [2.75, 3.05) is 7.11 Å². The zero-order valence-corrected chi connectivity index (χ0v) is 13.7. The molecule has 0 radical (unpaired) electrons. The predicted molar refractivity (Wildman–Crippen MR) is 91.0 cm³/mol. The zero-order chi connectivity index (χ0) is 18.0. The molecule has 6 nitrogen and oxygen atoms in total. The van der Waals surface area contributed by atoms with E-state index >= 15 is 0 Å². The van der Waals surface area contributed by atoms with Gasteiger partial charge in [-0.15, -0.1) is 0 Å². The summed E-state index contributed by atoms with van der Waals surface area (Å²) in [7, 11) is 1.51. The number of rotatable bonds is 4. The van der Waals surface area contributed by atoms with E-state index in [-0.39, 0.29) is 17.9 Å². The summed E-state index contributed by atoms with van der Waals surface area (Å²) in [6.45, 7) is 1.68. The van der Waals surface area contributed by atoms with Crippen LogP contribution in [-0.2, 0) is 11.3 Å². The number of esters is 1. The number of benzene rings is 2. The third-order valence-electron chi connectivity index (χ3n) is 3.77. The fourth-order valence-corrected chi connectivity index (χ4v) is 2.49. The van der Waals surface area contributed by atoms with Crippen molar-refractivity contribution in [2.45, 2.75) is 13.5 Å². The first kappa shape index (κ1) is 16.6. The van der Waals surface area contributed by atoms with Gasteiger partial charge in [0, 0.05) is 23.1 Å². The number of hydrogen-bond donors (Lipinski definition) is 1. The Bertz CT molecular complexity index is 1000. The van der Waals surface area contributed by atoms with Gasteiger partial charge in [0.05, 0.1) is 7.11 Å². The van der Waals surface area contributed by atoms with Crippen molar-refractivity contribution in [3.63, 3.8) is 0 Å². The van der Waals surface area contributed by atoms with Crippen LogP contribution in [0.25, 0.3) is 11.0 Å². The van der Waals surface area contributed by atoms with Crippen LogP contribution in [-0.4, -0.2) is 18.2 Å². The van der Waals surface area contributed by atoms with Crippen LogP contribution in [0.4, 0.5) is 0 Å². The van der Waals surface area contributed by atoms with Crippen LogP contribution in [0.3, 0.4) is 0 Å². The van der Waals surface area contributed by atoms with Crippen LogP contribution < -0.4 is 10.4 Å². The molecular formula is C19H16O6. The average molecular weight is 340 g/mol. The quantitative estimate of drug-likeness (QED) is 0.580. The van der Waals surface area contributed by atoms with Crippen LogP contribution in [0.1, 0.15) is 21.5 Å². The van der Waals surface area contributed by atoms with Crippen molar-refractivity contribution >= 4 is 16.9 Å². The highest BCUT2D eigenvalue weighted by Gasteiger charge is 2.14. The van der Waals surface area contributed by atoms with E-state index in [9.17, 15) is 14.7 Å². The second-order valence-electron chi connectivity index (χ2n) is 5.55. The van der Waals surface area contributed by atoms with Gasteiger partial charge in [-0.1, -0.05) is 6.07 Å². The Hall–Kier alpha value is -3.28. The van der Waals surface area contributed by atoms with Crippen LogP contribution >= 0.6 is 0 Å². The second kappa shape index (κ2) is 6.68. The molecule has 0 aliphatic heterocycles. The standard InChI is InChI=1S/C19H16O6/c1-11-3-5-15(16(20)7-11)19(22)24-10-12-8-18(21)25-17-9-13(23-2)4-6-14(12)17/h3-9,20H,10H2,1-2H3. The Kier molecular flexibility index (Phi) is 4.43. The van der Waals surface area contributed by atoms with E-state index in [0.717, 1.165) is 5.56 Å². The Morgan fingerprint density at radius 3 is 2.68 bits per heavy atom. The highest BCUT2D eigenvalue weighted by molar-refractivity contribution is 5.92. The van der Waals surface area contributed by atoms with E-state index in [1.807, 2.05) is 0 Å². The molecule has 1 N–H and O–H groups in total. The van der Waals surface area contributed by atoms with Crippen LogP contribution in [0.5, 0.6) is 11.5 Å². The van der Waals surface area contributed by atoms with Crippen LogP contribution in [0.15, 0.2) is 51.7 Å². The van der Waals surface area contributed by atoms with Crippen molar-refractivity contribution in [3.8, 4) is 11.5 Å². The normalized spacial score (nSPS) is 10.6. The first-order valence-electron chi connectivity index (χ1n) is 7.55. The molecule has 0 saturated heterocycles. The molecule has 0 unspecified atom stereocenters. The summed E-state index contributed by atoms with van der Waals surface area (Å²) < 4.78 is 15.5. The van der Waals surface area contributed by atoms with Gasteiger partial charge in [-0.2, -0.15) is 0 Å². The Balaban J connectivity index is 1.88. The fourth-order valence-electron chi connectivity index (χ4n) is 2.49. The van der Waals surface area contributed by atoms with Crippen molar-refractivity contribution in [1.29, 1.82) is 0 Å². The Labute approximate surface area is 143 Å². The molecule has 25 heavy (non-hydrogen) atoms. The number of methoxy groups -OCH3 is 1. The average Bonchev–Trinajstić information content (AvgIpc) is 2.58. The lowest BCUT2D eigenvalue weighted by Crippen LogP contribution is -2.08. The summed E-state index contributed by atoms with van der Waals surface area (Å²) in [5, 5.41) is 10.5. The molecule has 0 aliphatic carbocycles. The molecule has 3 aromatic rings. The fraction of sp³-hybridized carbons (Fsp3) is 0.158. The van der Waals surface area contributed by atoms with Gasteiger partial charge in [-0.05, 0) is 36.8 Å². The highest BCUT2D eigenvalue weighted by atomic mass is 16.5. The Morgan fingerprint density at radius 1 is 1.16 bits per heavy atom. The molecule has 1 heterocycles. The summed E-state index contributed by atoms with van der Waals surface area (Å²) in [4.78, 5) is 23.9. The van der Waals surface area contributed by atoms with E-state index in [2.05, 4.69) is 0 Å².